The van der Waals surface area contributed by atoms with Gasteiger partial charge in [-0.15, -0.1) is 22.6 Å². The number of halogens is 2. The monoisotopic (exact) mass is 370 g/mol. The number of aromatic nitrogens is 4. The van der Waals surface area contributed by atoms with Gasteiger partial charge in [-0.2, -0.15) is 4.80 Å². The summed E-state index contributed by atoms with van der Waals surface area (Å²) in [5, 5.41) is 19.4. The minimum absolute atomic E-state index is 0. The van der Waals surface area contributed by atoms with Crippen molar-refractivity contribution in [1.82, 2.24) is 30.8 Å². The number of amides is 1. The van der Waals surface area contributed by atoms with Crippen LogP contribution in [-0.4, -0.2) is 45.2 Å². The molecule has 1 aromatic heterocycles. The minimum Gasteiger partial charge on any atom is -0.350 e. The van der Waals surface area contributed by atoms with Crippen LogP contribution in [0.15, 0.2) is 24.3 Å². The van der Waals surface area contributed by atoms with E-state index in [1.807, 2.05) is 19.1 Å². The SMILES string of the molecule is CCC(C(=O)NC1CCNC1)n1nnc(-c2ccc(Cl)cc2)n1.Cl. The van der Waals surface area contributed by atoms with Crippen LogP contribution in [0.2, 0.25) is 5.02 Å². The molecule has 7 nitrogen and oxygen atoms in total. The highest BCUT2D eigenvalue weighted by Crippen LogP contribution is 2.18. The third-order valence-electron chi connectivity index (χ3n) is 3.91. The molecule has 0 aliphatic carbocycles. The van der Waals surface area contributed by atoms with Crippen molar-refractivity contribution in [2.75, 3.05) is 13.1 Å². The van der Waals surface area contributed by atoms with Gasteiger partial charge in [-0.25, -0.2) is 0 Å². The zero-order chi connectivity index (χ0) is 16.2. The van der Waals surface area contributed by atoms with Crippen LogP contribution in [0, 0.1) is 0 Å². The Bertz CT molecular complexity index is 669. The van der Waals surface area contributed by atoms with Crippen molar-refractivity contribution in [2.45, 2.75) is 31.8 Å². The fraction of sp³-hybridized carbons (Fsp3) is 0.467. The molecule has 1 fully saturated rings. The maximum absolute atomic E-state index is 12.4. The largest absolute Gasteiger partial charge is 0.350 e. The average molecular weight is 371 g/mol. The summed E-state index contributed by atoms with van der Waals surface area (Å²) >= 11 is 5.88. The first-order chi connectivity index (χ1) is 11.2. The molecule has 2 N–H and O–H groups in total. The average Bonchev–Trinajstić information content (AvgIpc) is 3.21. The van der Waals surface area contributed by atoms with E-state index in [1.165, 1.54) is 4.80 Å². The first-order valence-corrected chi connectivity index (χ1v) is 8.11. The quantitative estimate of drug-likeness (QED) is 0.838. The molecule has 2 aromatic rings. The Balaban J connectivity index is 0.00000208. The zero-order valence-corrected chi connectivity index (χ0v) is 14.8. The highest BCUT2D eigenvalue weighted by Gasteiger charge is 2.25. The summed E-state index contributed by atoms with van der Waals surface area (Å²) in [6.07, 6.45) is 1.55. The Labute approximate surface area is 151 Å². The molecular formula is C15H20Cl2N6O. The number of nitrogens with zero attached hydrogens (tertiary/aromatic N) is 4. The van der Waals surface area contributed by atoms with Gasteiger partial charge >= 0.3 is 0 Å². The van der Waals surface area contributed by atoms with E-state index in [1.54, 1.807) is 12.1 Å². The number of benzene rings is 1. The van der Waals surface area contributed by atoms with Gasteiger partial charge < -0.3 is 10.6 Å². The number of hydrogen-bond acceptors (Lipinski definition) is 5. The molecule has 130 valence electrons. The van der Waals surface area contributed by atoms with E-state index >= 15 is 0 Å². The van der Waals surface area contributed by atoms with Gasteiger partial charge in [-0.3, -0.25) is 4.79 Å². The summed E-state index contributed by atoms with van der Waals surface area (Å²) in [6.45, 7) is 3.68. The van der Waals surface area contributed by atoms with E-state index < -0.39 is 6.04 Å². The summed E-state index contributed by atoms with van der Waals surface area (Å²) in [6, 6.07) is 6.92. The Kier molecular flexibility index (Phi) is 6.53. The highest BCUT2D eigenvalue weighted by molar-refractivity contribution is 6.30. The molecule has 1 aliphatic rings. The van der Waals surface area contributed by atoms with Crippen LogP contribution in [0.1, 0.15) is 25.8 Å². The normalized spacial score (nSPS) is 18.0. The molecule has 2 atom stereocenters. The van der Waals surface area contributed by atoms with Crippen molar-refractivity contribution < 1.29 is 4.79 Å². The minimum atomic E-state index is -0.454. The van der Waals surface area contributed by atoms with Crippen LogP contribution in [0.3, 0.4) is 0 Å². The highest BCUT2D eigenvalue weighted by atomic mass is 35.5. The van der Waals surface area contributed by atoms with E-state index in [0.717, 1.165) is 25.1 Å². The third-order valence-corrected chi connectivity index (χ3v) is 4.16. The molecule has 2 unspecified atom stereocenters. The molecule has 24 heavy (non-hydrogen) atoms. The van der Waals surface area contributed by atoms with Crippen LogP contribution in [0.5, 0.6) is 0 Å². The number of rotatable bonds is 5. The van der Waals surface area contributed by atoms with Crippen LogP contribution >= 0.6 is 24.0 Å². The second-order valence-electron chi connectivity index (χ2n) is 5.56. The summed E-state index contributed by atoms with van der Waals surface area (Å²) < 4.78 is 0. The van der Waals surface area contributed by atoms with E-state index in [9.17, 15) is 4.79 Å². The van der Waals surface area contributed by atoms with Gasteiger partial charge in [-0.05, 0) is 48.9 Å². The molecule has 1 amide bonds. The van der Waals surface area contributed by atoms with Crippen LogP contribution in [-0.2, 0) is 4.79 Å². The lowest BCUT2D eigenvalue weighted by atomic mass is 10.2. The molecule has 2 heterocycles. The van der Waals surface area contributed by atoms with E-state index in [2.05, 4.69) is 26.0 Å². The van der Waals surface area contributed by atoms with Crippen molar-refractivity contribution in [3.05, 3.63) is 29.3 Å². The van der Waals surface area contributed by atoms with Gasteiger partial charge in [0.05, 0.1) is 0 Å². The second kappa shape index (κ2) is 8.41. The molecule has 0 radical (unpaired) electrons. The van der Waals surface area contributed by atoms with Crippen LogP contribution in [0.25, 0.3) is 11.4 Å². The molecule has 1 aromatic carbocycles. The third kappa shape index (κ3) is 4.23. The van der Waals surface area contributed by atoms with Crippen molar-refractivity contribution in [3.8, 4) is 11.4 Å². The first-order valence-electron chi connectivity index (χ1n) is 7.74. The predicted octanol–water partition coefficient (Wildman–Crippen LogP) is 1.84. The van der Waals surface area contributed by atoms with Crippen molar-refractivity contribution in [3.63, 3.8) is 0 Å². The summed E-state index contributed by atoms with van der Waals surface area (Å²) in [7, 11) is 0. The molecule has 3 rings (SSSR count). The van der Waals surface area contributed by atoms with Crippen LogP contribution < -0.4 is 10.6 Å². The molecule has 0 bridgehead atoms. The number of carbonyl (C=O) groups is 1. The fourth-order valence-corrected chi connectivity index (χ4v) is 2.73. The number of hydrogen-bond donors (Lipinski definition) is 2. The zero-order valence-electron chi connectivity index (χ0n) is 13.3. The van der Waals surface area contributed by atoms with Gasteiger partial charge in [0.15, 0.2) is 6.04 Å². The standard InChI is InChI=1S/C15H19ClN6O.ClH/c1-2-13(15(23)18-12-7-8-17-9-12)22-20-14(19-21-22)10-3-5-11(16)6-4-10;/h3-6,12-13,17H,2,7-9H2,1H3,(H,18,23);1H. The number of nitrogens with one attached hydrogen (secondary N) is 2. The Morgan fingerprint density at radius 1 is 1.46 bits per heavy atom. The lowest BCUT2D eigenvalue weighted by Gasteiger charge is -2.17. The van der Waals surface area contributed by atoms with Crippen molar-refractivity contribution in [1.29, 1.82) is 0 Å². The first kappa shape index (κ1) is 18.6. The van der Waals surface area contributed by atoms with Gasteiger partial charge in [0.1, 0.15) is 0 Å². The molecular weight excluding hydrogens is 351 g/mol. The molecule has 1 aliphatic heterocycles. The second-order valence-corrected chi connectivity index (χ2v) is 6.00. The molecule has 0 saturated carbocycles. The lowest BCUT2D eigenvalue weighted by Crippen LogP contribution is -2.41. The molecule has 1 saturated heterocycles. The van der Waals surface area contributed by atoms with Gasteiger partial charge in [0.25, 0.3) is 0 Å². The lowest BCUT2D eigenvalue weighted by molar-refractivity contribution is -0.125. The number of carbonyl (C=O) groups excluding carboxylic acids is 1. The predicted molar refractivity (Wildman–Crippen MR) is 94.3 cm³/mol. The molecule has 0 spiro atoms. The van der Waals surface area contributed by atoms with Gasteiger partial charge in [-0.1, -0.05) is 18.5 Å². The Morgan fingerprint density at radius 2 is 2.21 bits per heavy atom. The Hall–Kier alpha value is -1.70. The summed E-state index contributed by atoms with van der Waals surface area (Å²) in [5.74, 6) is 0.414. The Morgan fingerprint density at radius 3 is 2.83 bits per heavy atom. The van der Waals surface area contributed by atoms with Gasteiger partial charge in [0, 0.05) is 23.2 Å². The van der Waals surface area contributed by atoms with Crippen molar-refractivity contribution >= 4 is 29.9 Å². The summed E-state index contributed by atoms with van der Waals surface area (Å²) in [5.41, 5.74) is 0.816. The van der Waals surface area contributed by atoms with E-state index in [0.29, 0.717) is 17.3 Å². The summed E-state index contributed by atoms with van der Waals surface area (Å²) in [4.78, 5) is 13.8. The van der Waals surface area contributed by atoms with Gasteiger partial charge in [0.2, 0.25) is 11.7 Å². The maximum atomic E-state index is 12.4. The van der Waals surface area contributed by atoms with E-state index in [4.69, 9.17) is 11.6 Å². The van der Waals surface area contributed by atoms with Crippen molar-refractivity contribution in [2.24, 2.45) is 0 Å². The molecule has 9 heteroatoms. The topological polar surface area (TPSA) is 84.7 Å². The van der Waals surface area contributed by atoms with Crippen LogP contribution in [0.4, 0.5) is 0 Å². The van der Waals surface area contributed by atoms with E-state index in [-0.39, 0.29) is 24.4 Å². The number of tetrazole rings is 1. The fourth-order valence-electron chi connectivity index (χ4n) is 2.60. The smallest absolute Gasteiger partial charge is 0.247 e. The maximum Gasteiger partial charge on any atom is 0.247 e.